The molecule has 2 amide bonds. The number of alkyl halides is 3. The Kier molecular flexibility index (Phi) is 4.41. The second-order valence-corrected chi connectivity index (χ2v) is 3.42. The molecule has 0 atom stereocenters. The van der Waals surface area contributed by atoms with Gasteiger partial charge in [0.1, 0.15) is 5.75 Å². The fraction of sp³-hybridized carbons (Fsp3) is 0.364. The third-order valence-electron chi connectivity index (χ3n) is 2.07. The Hall–Kier alpha value is -1.92. The number of amides is 2. The van der Waals surface area contributed by atoms with Crippen LogP contribution < -0.4 is 15.0 Å². The van der Waals surface area contributed by atoms with Gasteiger partial charge in [0.25, 0.3) is 0 Å². The minimum absolute atomic E-state index is 0.308. The van der Waals surface area contributed by atoms with Gasteiger partial charge in [-0.1, -0.05) is 6.07 Å². The number of benzene rings is 1. The van der Waals surface area contributed by atoms with Crippen LogP contribution in [0.3, 0.4) is 0 Å². The molecule has 0 aromatic heterocycles. The van der Waals surface area contributed by atoms with Crippen molar-refractivity contribution in [3.8, 4) is 5.75 Å². The molecule has 0 fully saturated rings. The molecular weight excluding hydrogens is 249 g/mol. The van der Waals surface area contributed by atoms with Crippen molar-refractivity contribution in [2.75, 3.05) is 18.6 Å². The highest BCUT2D eigenvalue weighted by Crippen LogP contribution is 2.21. The van der Waals surface area contributed by atoms with Gasteiger partial charge in [-0.15, -0.1) is 0 Å². The Bertz CT molecular complexity index is 421. The van der Waals surface area contributed by atoms with Gasteiger partial charge in [0.15, 0.2) is 0 Å². The Morgan fingerprint density at radius 2 is 2.11 bits per heavy atom. The van der Waals surface area contributed by atoms with Crippen LogP contribution in [0.25, 0.3) is 0 Å². The van der Waals surface area contributed by atoms with E-state index in [1.807, 2.05) is 0 Å². The third kappa shape index (κ3) is 4.15. The molecule has 0 aliphatic rings. The third-order valence-corrected chi connectivity index (χ3v) is 2.07. The molecule has 0 heterocycles. The van der Waals surface area contributed by atoms with Gasteiger partial charge in [-0.2, -0.15) is 13.2 Å². The van der Waals surface area contributed by atoms with Crippen LogP contribution >= 0.6 is 0 Å². The van der Waals surface area contributed by atoms with Crippen LogP contribution in [0.2, 0.25) is 0 Å². The van der Waals surface area contributed by atoms with Gasteiger partial charge in [0.05, 0.1) is 6.61 Å². The van der Waals surface area contributed by atoms with Gasteiger partial charge in [0.2, 0.25) is 0 Å². The number of urea groups is 1. The lowest BCUT2D eigenvalue weighted by atomic mass is 10.3. The Labute approximate surface area is 102 Å². The molecule has 1 rings (SSSR count). The number of rotatable bonds is 3. The number of anilines is 1. The van der Waals surface area contributed by atoms with Gasteiger partial charge in [-0.3, -0.25) is 4.90 Å². The largest absolute Gasteiger partial charge is 0.494 e. The Morgan fingerprint density at radius 3 is 2.67 bits per heavy atom. The number of nitrogens with one attached hydrogen (secondary N) is 1. The van der Waals surface area contributed by atoms with Gasteiger partial charge in [0, 0.05) is 18.8 Å². The molecule has 1 aromatic carbocycles. The van der Waals surface area contributed by atoms with E-state index in [0.29, 0.717) is 18.0 Å². The van der Waals surface area contributed by atoms with Gasteiger partial charge in [-0.25, -0.2) is 10.1 Å². The van der Waals surface area contributed by atoms with Crippen molar-refractivity contribution in [1.29, 1.82) is 0 Å². The minimum atomic E-state index is -4.75. The maximum atomic E-state index is 12.0. The second kappa shape index (κ2) is 5.61. The monoisotopic (exact) mass is 262 g/mol. The number of halogens is 3. The number of hydrogen-bond donors (Lipinski definition) is 1. The predicted octanol–water partition coefficient (Wildman–Crippen LogP) is 2.75. The van der Waals surface area contributed by atoms with E-state index in [1.165, 1.54) is 19.2 Å². The molecule has 0 radical (unpaired) electrons. The molecule has 1 aromatic rings. The zero-order chi connectivity index (χ0) is 13.8. The number of carbonyl (C=O) groups excluding carboxylic acids is 1. The summed E-state index contributed by atoms with van der Waals surface area (Å²) < 4.78 is 41.2. The molecule has 18 heavy (non-hydrogen) atoms. The van der Waals surface area contributed by atoms with E-state index >= 15 is 0 Å². The molecule has 0 aliphatic carbocycles. The summed E-state index contributed by atoms with van der Waals surface area (Å²) in [5.41, 5.74) is 0.308. The summed E-state index contributed by atoms with van der Waals surface area (Å²) in [7, 11) is 1.24. The molecule has 0 unspecified atom stereocenters. The van der Waals surface area contributed by atoms with E-state index in [9.17, 15) is 18.0 Å². The van der Waals surface area contributed by atoms with Crippen LogP contribution in [-0.4, -0.2) is 26.0 Å². The van der Waals surface area contributed by atoms with E-state index in [1.54, 1.807) is 19.1 Å². The van der Waals surface area contributed by atoms with Crippen molar-refractivity contribution < 1.29 is 22.7 Å². The lowest BCUT2D eigenvalue weighted by molar-refractivity contribution is -0.145. The summed E-state index contributed by atoms with van der Waals surface area (Å²) in [5, 5.41) is 0.915. The fourth-order valence-electron chi connectivity index (χ4n) is 1.27. The zero-order valence-electron chi connectivity index (χ0n) is 9.91. The van der Waals surface area contributed by atoms with Crippen LogP contribution in [0.5, 0.6) is 5.75 Å². The van der Waals surface area contributed by atoms with Crippen LogP contribution in [-0.2, 0) is 0 Å². The summed E-state index contributed by atoms with van der Waals surface area (Å²) in [5.74, 6) is 0.488. The SMILES string of the molecule is CCOc1cccc(N(C)C(=O)NC(F)(F)F)c1. The topological polar surface area (TPSA) is 41.6 Å². The van der Waals surface area contributed by atoms with Gasteiger partial charge in [-0.05, 0) is 19.1 Å². The zero-order valence-corrected chi connectivity index (χ0v) is 9.91. The molecular formula is C11H13F3N2O2. The predicted molar refractivity (Wildman–Crippen MR) is 60.6 cm³/mol. The standard InChI is InChI=1S/C11H13F3N2O2/c1-3-18-9-6-4-5-8(7-9)16(2)10(17)15-11(12,13)14/h4-7H,3H2,1-2H3,(H,15,17). The average molecular weight is 262 g/mol. The van der Waals surface area contributed by atoms with Gasteiger partial charge >= 0.3 is 12.3 Å². The fourth-order valence-corrected chi connectivity index (χ4v) is 1.27. The van der Waals surface area contributed by atoms with Crippen molar-refractivity contribution in [3.05, 3.63) is 24.3 Å². The van der Waals surface area contributed by atoms with E-state index in [0.717, 1.165) is 10.2 Å². The van der Waals surface area contributed by atoms with E-state index in [4.69, 9.17) is 4.74 Å². The van der Waals surface area contributed by atoms with Crippen LogP contribution in [0.15, 0.2) is 24.3 Å². The highest BCUT2D eigenvalue weighted by Gasteiger charge is 2.31. The quantitative estimate of drug-likeness (QED) is 0.851. The second-order valence-electron chi connectivity index (χ2n) is 3.42. The van der Waals surface area contributed by atoms with Crippen molar-refractivity contribution in [1.82, 2.24) is 5.32 Å². The van der Waals surface area contributed by atoms with E-state index in [-0.39, 0.29) is 0 Å². The molecule has 7 heteroatoms. The molecule has 0 bridgehead atoms. The van der Waals surface area contributed by atoms with Crippen molar-refractivity contribution >= 4 is 11.7 Å². The summed E-state index contributed by atoms with van der Waals surface area (Å²) in [6, 6.07) is 4.99. The summed E-state index contributed by atoms with van der Waals surface area (Å²) in [6.07, 6.45) is -4.75. The maximum Gasteiger partial charge on any atom is 0.485 e. The highest BCUT2D eigenvalue weighted by molar-refractivity contribution is 5.91. The number of hydrogen-bond acceptors (Lipinski definition) is 2. The molecule has 0 saturated carbocycles. The van der Waals surface area contributed by atoms with E-state index in [2.05, 4.69) is 0 Å². The first-order chi connectivity index (χ1) is 8.33. The smallest absolute Gasteiger partial charge is 0.485 e. The maximum absolute atomic E-state index is 12.0. The molecule has 4 nitrogen and oxygen atoms in total. The summed E-state index contributed by atoms with van der Waals surface area (Å²) >= 11 is 0. The first kappa shape index (κ1) is 14.1. The van der Waals surface area contributed by atoms with Crippen LogP contribution in [0, 0.1) is 0 Å². The first-order valence-corrected chi connectivity index (χ1v) is 5.19. The average Bonchev–Trinajstić information content (AvgIpc) is 2.26. The summed E-state index contributed by atoms with van der Waals surface area (Å²) in [6.45, 7) is 2.22. The molecule has 1 N–H and O–H groups in total. The van der Waals surface area contributed by atoms with E-state index < -0.39 is 12.3 Å². The van der Waals surface area contributed by atoms with Crippen LogP contribution in [0.1, 0.15) is 6.92 Å². The Balaban J connectivity index is 2.80. The number of ether oxygens (including phenoxy) is 1. The molecule has 100 valence electrons. The first-order valence-electron chi connectivity index (χ1n) is 5.19. The number of nitrogens with zero attached hydrogens (tertiary/aromatic N) is 1. The normalized spacial score (nSPS) is 10.9. The van der Waals surface area contributed by atoms with Crippen molar-refractivity contribution in [2.24, 2.45) is 0 Å². The molecule has 0 saturated heterocycles. The minimum Gasteiger partial charge on any atom is -0.494 e. The Morgan fingerprint density at radius 1 is 1.44 bits per heavy atom. The lowest BCUT2D eigenvalue weighted by Crippen LogP contribution is -2.45. The highest BCUT2D eigenvalue weighted by atomic mass is 19.4. The number of carbonyl (C=O) groups is 1. The lowest BCUT2D eigenvalue weighted by Gasteiger charge is -2.19. The van der Waals surface area contributed by atoms with Crippen molar-refractivity contribution in [3.63, 3.8) is 0 Å². The van der Waals surface area contributed by atoms with Gasteiger partial charge < -0.3 is 4.74 Å². The molecule has 0 aliphatic heterocycles. The van der Waals surface area contributed by atoms with Crippen molar-refractivity contribution in [2.45, 2.75) is 13.2 Å². The molecule has 0 spiro atoms. The summed E-state index contributed by atoms with van der Waals surface area (Å²) in [4.78, 5) is 12.1. The van der Waals surface area contributed by atoms with Crippen LogP contribution in [0.4, 0.5) is 23.7 Å².